The highest BCUT2D eigenvalue weighted by Crippen LogP contribution is 2.07. The molecule has 0 atom stereocenters. The summed E-state index contributed by atoms with van der Waals surface area (Å²) in [7, 11) is 4.57. The van der Waals surface area contributed by atoms with Gasteiger partial charge in [-0.15, -0.1) is 0 Å². The molecule has 0 radical (unpaired) electrons. The molecule has 2 aliphatic rings. The number of hydrogen-bond acceptors (Lipinski definition) is 4. The lowest BCUT2D eigenvalue weighted by molar-refractivity contribution is -0.917. The fourth-order valence-corrected chi connectivity index (χ4v) is 2.91. The quantitative estimate of drug-likeness (QED) is 0.157. The summed E-state index contributed by atoms with van der Waals surface area (Å²) in [4.78, 5) is 0. The van der Waals surface area contributed by atoms with Gasteiger partial charge in [-0.05, 0) is 0 Å². The Bertz CT molecular complexity index is 282. The molecule has 0 aliphatic carbocycles. The van der Waals surface area contributed by atoms with Gasteiger partial charge in [-0.2, -0.15) is 0 Å². The topological polar surface area (TPSA) is 36.9 Å². The third-order valence-electron chi connectivity index (χ3n) is 5.02. The van der Waals surface area contributed by atoms with E-state index in [4.69, 9.17) is 18.9 Å². The van der Waals surface area contributed by atoms with E-state index in [1.807, 2.05) is 0 Å². The second-order valence-corrected chi connectivity index (χ2v) is 7.03. The highest BCUT2D eigenvalue weighted by atomic mass is 127. The van der Waals surface area contributed by atoms with E-state index in [1.54, 1.807) is 0 Å². The van der Waals surface area contributed by atoms with E-state index in [9.17, 15) is 0 Å². The zero-order valence-electron chi connectivity index (χ0n) is 15.2. The van der Waals surface area contributed by atoms with E-state index in [-0.39, 0.29) is 48.0 Å². The number of nitrogens with zero attached hydrogens (tertiary/aromatic N) is 2. The zero-order chi connectivity index (χ0) is 15.7. The minimum absolute atomic E-state index is 0. The third-order valence-corrected chi connectivity index (χ3v) is 5.02. The van der Waals surface area contributed by atoms with Gasteiger partial charge in [0.2, 0.25) is 0 Å². The van der Waals surface area contributed by atoms with E-state index < -0.39 is 0 Å². The van der Waals surface area contributed by atoms with Gasteiger partial charge in [0.1, 0.15) is 39.3 Å². The van der Waals surface area contributed by atoms with E-state index in [2.05, 4.69) is 14.1 Å². The summed E-state index contributed by atoms with van der Waals surface area (Å²) >= 11 is 0. The summed E-state index contributed by atoms with van der Waals surface area (Å²) in [5.74, 6) is 0. The minimum Gasteiger partial charge on any atom is -1.00 e. The van der Waals surface area contributed by atoms with Gasteiger partial charge in [-0.25, -0.2) is 0 Å². The van der Waals surface area contributed by atoms with Gasteiger partial charge in [0.05, 0.1) is 67.0 Å². The summed E-state index contributed by atoms with van der Waals surface area (Å²) in [6.07, 6.45) is 0. The molecular weight excluding hydrogens is 538 g/mol. The molecule has 0 N–H and O–H groups in total. The molecule has 2 rings (SSSR count). The second-order valence-electron chi connectivity index (χ2n) is 7.03. The van der Waals surface area contributed by atoms with Crippen molar-refractivity contribution in [3.63, 3.8) is 0 Å². The molecule has 8 heteroatoms. The molecule has 0 unspecified atom stereocenters. The molecule has 0 amide bonds. The maximum atomic E-state index is 5.71. The monoisotopic (exact) mass is 572 g/mol. The molecule has 2 aliphatic heterocycles. The molecule has 2 fully saturated rings. The predicted molar refractivity (Wildman–Crippen MR) is 84.8 cm³/mol. The fourth-order valence-electron chi connectivity index (χ4n) is 2.91. The lowest BCUT2D eigenvalue weighted by atomic mass is 10.3. The van der Waals surface area contributed by atoms with Gasteiger partial charge < -0.3 is 75.9 Å². The summed E-state index contributed by atoms with van der Waals surface area (Å²) < 4.78 is 24.4. The normalized spacial score (nSPS) is 22.2. The summed E-state index contributed by atoms with van der Waals surface area (Å²) in [6, 6.07) is 0. The van der Waals surface area contributed by atoms with Gasteiger partial charge in [-0.1, -0.05) is 0 Å². The van der Waals surface area contributed by atoms with Gasteiger partial charge in [-0.3, -0.25) is 0 Å². The first-order valence-electron chi connectivity index (χ1n) is 8.60. The van der Waals surface area contributed by atoms with Crippen LogP contribution in [0.15, 0.2) is 0 Å². The van der Waals surface area contributed by atoms with Crippen LogP contribution >= 0.6 is 0 Å². The summed E-state index contributed by atoms with van der Waals surface area (Å²) in [5.41, 5.74) is 0. The zero-order valence-corrected chi connectivity index (χ0v) is 19.5. The SMILES string of the molecule is C[N+]1(CCOCCOCC[N+]2(C)CCOCC2)CCOCC1.[I-].[I-]. The Kier molecular flexibility index (Phi) is 14.1. The Balaban J connectivity index is 0.00000264. The van der Waals surface area contributed by atoms with Crippen LogP contribution in [0.3, 0.4) is 0 Å². The largest absolute Gasteiger partial charge is 1.00 e. The molecule has 0 aromatic rings. The molecule has 6 nitrogen and oxygen atoms in total. The van der Waals surface area contributed by atoms with Crippen molar-refractivity contribution >= 4 is 0 Å². The van der Waals surface area contributed by atoms with Crippen molar-refractivity contribution < 1.29 is 75.9 Å². The van der Waals surface area contributed by atoms with Crippen LogP contribution in [-0.2, 0) is 18.9 Å². The maximum Gasteiger partial charge on any atom is 0.102 e. The predicted octanol–water partition coefficient (Wildman–Crippen LogP) is -6.02. The Morgan fingerprint density at radius 1 is 0.625 bits per heavy atom. The third kappa shape index (κ3) is 9.79. The summed E-state index contributed by atoms with van der Waals surface area (Å²) in [6.45, 7) is 13.0. The highest BCUT2D eigenvalue weighted by Gasteiger charge is 2.25. The fraction of sp³-hybridized carbons (Fsp3) is 1.00. The Morgan fingerprint density at radius 2 is 0.958 bits per heavy atom. The number of morpholine rings is 2. The van der Waals surface area contributed by atoms with Crippen molar-refractivity contribution in [2.45, 2.75) is 0 Å². The van der Waals surface area contributed by atoms with Crippen molar-refractivity contribution in [2.24, 2.45) is 0 Å². The van der Waals surface area contributed by atoms with Gasteiger partial charge in [0, 0.05) is 0 Å². The number of rotatable bonds is 9. The summed E-state index contributed by atoms with van der Waals surface area (Å²) in [5, 5.41) is 0. The molecular formula is C16H34I2N2O4. The van der Waals surface area contributed by atoms with Crippen LogP contribution in [0.25, 0.3) is 0 Å². The van der Waals surface area contributed by atoms with Crippen LogP contribution in [0, 0.1) is 0 Å². The average molecular weight is 572 g/mol. The molecule has 24 heavy (non-hydrogen) atoms. The number of hydrogen-bond donors (Lipinski definition) is 0. The molecule has 2 saturated heterocycles. The maximum absolute atomic E-state index is 5.71. The molecule has 0 saturated carbocycles. The van der Waals surface area contributed by atoms with E-state index in [0.29, 0.717) is 13.2 Å². The van der Waals surface area contributed by atoms with Crippen molar-refractivity contribution in [1.29, 1.82) is 0 Å². The Labute approximate surface area is 181 Å². The molecule has 0 bridgehead atoms. The number of halogens is 2. The van der Waals surface area contributed by atoms with Gasteiger partial charge in [0.15, 0.2) is 0 Å². The molecule has 0 spiro atoms. The van der Waals surface area contributed by atoms with Crippen LogP contribution in [0.5, 0.6) is 0 Å². The molecule has 2 heterocycles. The lowest BCUT2D eigenvalue weighted by Gasteiger charge is -2.37. The van der Waals surface area contributed by atoms with E-state index >= 15 is 0 Å². The molecule has 0 aromatic carbocycles. The number of ether oxygens (including phenoxy) is 4. The smallest absolute Gasteiger partial charge is 0.102 e. The van der Waals surface area contributed by atoms with E-state index in [0.717, 1.165) is 87.9 Å². The highest BCUT2D eigenvalue weighted by molar-refractivity contribution is 4.48. The van der Waals surface area contributed by atoms with Gasteiger partial charge in [0.25, 0.3) is 0 Å². The number of likely N-dealkylation sites (N-methyl/N-ethyl adjacent to an activating group) is 2. The van der Waals surface area contributed by atoms with Gasteiger partial charge >= 0.3 is 0 Å². The van der Waals surface area contributed by atoms with Crippen LogP contribution in [-0.4, -0.2) is 115 Å². The van der Waals surface area contributed by atoms with Crippen LogP contribution in [0.4, 0.5) is 0 Å². The number of quaternary nitrogens is 2. The lowest BCUT2D eigenvalue weighted by Crippen LogP contribution is -3.00. The first-order valence-corrected chi connectivity index (χ1v) is 8.60. The average Bonchev–Trinajstić information content (AvgIpc) is 2.51. The molecule has 146 valence electrons. The van der Waals surface area contributed by atoms with Crippen LogP contribution in [0.1, 0.15) is 0 Å². The van der Waals surface area contributed by atoms with Crippen molar-refractivity contribution in [2.75, 3.05) is 106 Å². The van der Waals surface area contributed by atoms with Crippen molar-refractivity contribution in [1.82, 2.24) is 0 Å². The first kappa shape index (κ1) is 25.2. The first-order chi connectivity index (χ1) is 10.6. The van der Waals surface area contributed by atoms with Crippen molar-refractivity contribution in [3.8, 4) is 0 Å². The van der Waals surface area contributed by atoms with Crippen molar-refractivity contribution in [3.05, 3.63) is 0 Å². The second kappa shape index (κ2) is 13.4. The van der Waals surface area contributed by atoms with Crippen LogP contribution < -0.4 is 48.0 Å². The minimum atomic E-state index is 0. The van der Waals surface area contributed by atoms with E-state index in [1.165, 1.54) is 0 Å². The molecule has 0 aromatic heterocycles. The standard InChI is InChI=1S/C16H34N2O4.2HI/c1-17(3-9-19-10-4-17)7-13-21-15-16-22-14-8-18(2)5-11-20-12-6-18;;/h3-16H2,1-2H3;2*1H/q+2;;/p-2. The Morgan fingerprint density at radius 3 is 1.29 bits per heavy atom. The van der Waals surface area contributed by atoms with Crippen LogP contribution in [0.2, 0.25) is 0 Å². The Hall–Kier alpha value is 1.22.